The molecule has 0 saturated carbocycles. The smallest absolute Gasteiger partial charge is 0.0175 e. The van der Waals surface area contributed by atoms with Gasteiger partial charge in [-0.25, -0.2) is 0 Å². The highest BCUT2D eigenvalue weighted by molar-refractivity contribution is 5.98. The second kappa shape index (κ2) is 7.45. The van der Waals surface area contributed by atoms with Crippen molar-refractivity contribution in [3.63, 3.8) is 0 Å². The van der Waals surface area contributed by atoms with Crippen LogP contribution in [0.5, 0.6) is 0 Å². The first-order valence-electron chi connectivity index (χ1n) is 8.57. The molecule has 0 heterocycles. The van der Waals surface area contributed by atoms with Crippen molar-refractivity contribution in [1.82, 2.24) is 0 Å². The molecule has 0 aromatic heterocycles. The van der Waals surface area contributed by atoms with Crippen LogP contribution in [0.4, 0.5) is 0 Å². The topological polar surface area (TPSA) is 0 Å². The summed E-state index contributed by atoms with van der Waals surface area (Å²) in [6.45, 7) is 3.90. The van der Waals surface area contributed by atoms with Gasteiger partial charge in [0.1, 0.15) is 0 Å². The van der Waals surface area contributed by atoms with Crippen LogP contribution in [-0.2, 0) is 6.42 Å². The zero-order valence-corrected chi connectivity index (χ0v) is 13.4. The molecule has 0 atom stereocenters. The van der Waals surface area contributed by atoms with Crippen LogP contribution in [0.25, 0.3) is 21.5 Å². The Morgan fingerprint density at radius 1 is 0.591 bits per heavy atom. The monoisotopic (exact) mass is 289 g/mol. The molecular weight excluding hydrogens is 264 g/mol. The van der Waals surface area contributed by atoms with E-state index in [1.165, 1.54) is 65.6 Å². The van der Waals surface area contributed by atoms with E-state index in [0.29, 0.717) is 0 Å². The van der Waals surface area contributed by atoms with Gasteiger partial charge in [0, 0.05) is 0 Å². The molecule has 0 fully saturated rings. The summed E-state index contributed by atoms with van der Waals surface area (Å²) < 4.78 is 0. The third-order valence-electron chi connectivity index (χ3n) is 4.48. The number of rotatable bonds is 7. The van der Waals surface area contributed by atoms with Gasteiger partial charge >= 0.3 is 0 Å². The molecule has 0 aliphatic carbocycles. The first kappa shape index (κ1) is 15.1. The standard InChI is InChI=1S/C22H25/c1-2-3-4-5-6-7-10-18-13-14-21-16-19-11-8-9-12-20(19)17-22(21)15-18/h8-9,11-17H,1-7,10H2. The van der Waals surface area contributed by atoms with E-state index in [9.17, 15) is 0 Å². The summed E-state index contributed by atoms with van der Waals surface area (Å²) >= 11 is 0. The molecule has 0 aliphatic rings. The fraction of sp³-hybridized carbons (Fsp3) is 0.318. The van der Waals surface area contributed by atoms with Crippen LogP contribution in [0.2, 0.25) is 0 Å². The van der Waals surface area contributed by atoms with E-state index in [2.05, 4.69) is 61.5 Å². The van der Waals surface area contributed by atoms with Gasteiger partial charge in [0.25, 0.3) is 0 Å². The van der Waals surface area contributed by atoms with E-state index in [1.807, 2.05) is 0 Å². The van der Waals surface area contributed by atoms with Gasteiger partial charge in [-0.1, -0.05) is 81.5 Å². The molecule has 0 bridgehead atoms. The fourth-order valence-corrected chi connectivity index (χ4v) is 3.18. The third kappa shape index (κ3) is 3.68. The van der Waals surface area contributed by atoms with Gasteiger partial charge in [-0.3, -0.25) is 0 Å². The van der Waals surface area contributed by atoms with E-state index in [1.54, 1.807) is 0 Å². The molecule has 3 aromatic rings. The molecule has 113 valence electrons. The first-order chi connectivity index (χ1) is 10.9. The summed E-state index contributed by atoms with van der Waals surface area (Å²) in [6.07, 6.45) is 8.90. The minimum absolute atomic E-state index is 1.08. The third-order valence-corrected chi connectivity index (χ3v) is 4.48. The summed E-state index contributed by atoms with van der Waals surface area (Å²) in [5.41, 5.74) is 1.47. The largest absolute Gasteiger partial charge is 0.0616 e. The van der Waals surface area contributed by atoms with Crippen molar-refractivity contribution in [2.75, 3.05) is 0 Å². The average Bonchev–Trinajstić information content (AvgIpc) is 2.56. The SMILES string of the molecule is [CH2]CCCCCCCc1ccc2cc3ccccc3cc2c1. The molecule has 3 aromatic carbocycles. The number of hydrogen-bond acceptors (Lipinski definition) is 0. The van der Waals surface area contributed by atoms with Crippen LogP contribution in [0.3, 0.4) is 0 Å². The predicted octanol–water partition coefficient (Wildman–Crippen LogP) is 6.71. The number of hydrogen-bond donors (Lipinski definition) is 0. The molecule has 0 amide bonds. The minimum atomic E-state index is 1.08. The van der Waals surface area contributed by atoms with Crippen molar-refractivity contribution in [1.29, 1.82) is 0 Å². The lowest BCUT2D eigenvalue weighted by atomic mass is 9.99. The molecule has 22 heavy (non-hydrogen) atoms. The Hall–Kier alpha value is -1.82. The summed E-state index contributed by atoms with van der Waals surface area (Å²) in [5, 5.41) is 5.37. The Balaban J connectivity index is 1.68. The fourth-order valence-electron chi connectivity index (χ4n) is 3.18. The summed E-state index contributed by atoms with van der Waals surface area (Å²) in [5.74, 6) is 0. The minimum Gasteiger partial charge on any atom is -0.0616 e. The maximum atomic E-state index is 3.90. The van der Waals surface area contributed by atoms with Gasteiger partial charge in [0.2, 0.25) is 0 Å². The van der Waals surface area contributed by atoms with E-state index in [4.69, 9.17) is 0 Å². The van der Waals surface area contributed by atoms with E-state index in [-0.39, 0.29) is 0 Å². The lowest BCUT2D eigenvalue weighted by Crippen LogP contribution is -1.87. The van der Waals surface area contributed by atoms with Crippen molar-refractivity contribution in [2.45, 2.75) is 44.9 Å². The molecule has 0 heteroatoms. The van der Waals surface area contributed by atoms with Crippen LogP contribution in [0, 0.1) is 6.92 Å². The molecule has 0 spiro atoms. The lowest BCUT2D eigenvalue weighted by Gasteiger charge is -2.06. The van der Waals surface area contributed by atoms with Crippen LogP contribution in [0.15, 0.2) is 54.6 Å². The Kier molecular flexibility index (Phi) is 5.11. The van der Waals surface area contributed by atoms with Crippen molar-refractivity contribution in [3.8, 4) is 0 Å². The van der Waals surface area contributed by atoms with Crippen LogP contribution in [-0.4, -0.2) is 0 Å². The molecule has 0 aliphatic heterocycles. The van der Waals surface area contributed by atoms with Crippen molar-refractivity contribution in [3.05, 3.63) is 67.1 Å². The number of benzene rings is 3. The summed E-state index contributed by atoms with van der Waals surface area (Å²) in [4.78, 5) is 0. The van der Waals surface area contributed by atoms with Crippen molar-refractivity contribution < 1.29 is 0 Å². The molecule has 1 radical (unpaired) electrons. The highest BCUT2D eigenvalue weighted by Gasteiger charge is 2.00. The Morgan fingerprint density at radius 2 is 1.23 bits per heavy atom. The number of fused-ring (bicyclic) bond motifs is 2. The maximum absolute atomic E-state index is 3.90. The molecule has 0 nitrogen and oxygen atoms in total. The number of unbranched alkanes of at least 4 members (excludes halogenated alkanes) is 5. The van der Waals surface area contributed by atoms with Gasteiger partial charge in [0.15, 0.2) is 0 Å². The Bertz CT molecular complexity index is 739. The predicted molar refractivity (Wildman–Crippen MR) is 98.2 cm³/mol. The summed E-state index contributed by atoms with van der Waals surface area (Å²) in [7, 11) is 0. The molecule has 0 N–H and O–H groups in total. The van der Waals surface area contributed by atoms with Gasteiger partial charge in [0.05, 0.1) is 0 Å². The van der Waals surface area contributed by atoms with Crippen LogP contribution in [0.1, 0.15) is 44.1 Å². The normalized spacial score (nSPS) is 11.3. The van der Waals surface area contributed by atoms with Gasteiger partial charge < -0.3 is 0 Å². The Labute approximate surface area is 134 Å². The number of aryl methyl sites for hydroxylation is 1. The maximum Gasteiger partial charge on any atom is -0.0175 e. The van der Waals surface area contributed by atoms with E-state index >= 15 is 0 Å². The summed E-state index contributed by atoms with van der Waals surface area (Å²) in [6, 6.07) is 20.2. The van der Waals surface area contributed by atoms with Crippen LogP contribution < -0.4 is 0 Å². The van der Waals surface area contributed by atoms with Gasteiger partial charge in [-0.15, -0.1) is 0 Å². The Morgan fingerprint density at radius 3 is 2.00 bits per heavy atom. The first-order valence-corrected chi connectivity index (χ1v) is 8.57. The van der Waals surface area contributed by atoms with Crippen LogP contribution >= 0.6 is 0 Å². The second-order valence-corrected chi connectivity index (χ2v) is 6.25. The molecular formula is C22H25. The van der Waals surface area contributed by atoms with E-state index < -0.39 is 0 Å². The lowest BCUT2D eigenvalue weighted by molar-refractivity contribution is 0.617. The van der Waals surface area contributed by atoms with E-state index in [0.717, 1.165) is 6.42 Å². The molecule has 0 saturated heterocycles. The second-order valence-electron chi connectivity index (χ2n) is 6.25. The molecule has 0 unspecified atom stereocenters. The average molecular weight is 289 g/mol. The zero-order valence-electron chi connectivity index (χ0n) is 13.4. The van der Waals surface area contributed by atoms with Crippen molar-refractivity contribution >= 4 is 21.5 Å². The van der Waals surface area contributed by atoms with Gasteiger partial charge in [-0.2, -0.15) is 0 Å². The zero-order chi connectivity index (χ0) is 15.2. The molecule has 3 rings (SSSR count). The van der Waals surface area contributed by atoms with Crippen molar-refractivity contribution in [2.24, 2.45) is 0 Å². The highest BCUT2D eigenvalue weighted by Crippen LogP contribution is 2.24. The van der Waals surface area contributed by atoms with Gasteiger partial charge in [-0.05, 0) is 52.1 Å². The quantitative estimate of drug-likeness (QED) is 0.335. The highest BCUT2D eigenvalue weighted by atomic mass is 14.0.